The van der Waals surface area contributed by atoms with Gasteiger partial charge in [0.05, 0.1) is 5.69 Å². The van der Waals surface area contributed by atoms with E-state index in [9.17, 15) is 0 Å². The van der Waals surface area contributed by atoms with Crippen molar-refractivity contribution in [2.24, 2.45) is 0 Å². The van der Waals surface area contributed by atoms with E-state index in [1.165, 1.54) is 0 Å². The number of hydrogen-bond acceptors (Lipinski definition) is 2. The second-order valence-electron chi connectivity index (χ2n) is 4.06. The number of nitrogens with zero attached hydrogens (tertiary/aromatic N) is 1. The van der Waals surface area contributed by atoms with Crippen LogP contribution in [0, 0.1) is 0 Å². The van der Waals surface area contributed by atoms with Gasteiger partial charge in [0.2, 0.25) is 0 Å². The minimum Gasteiger partial charge on any atom is -0.455 e. The van der Waals surface area contributed by atoms with Crippen LogP contribution in [0.15, 0.2) is 42.5 Å². The van der Waals surface area contributed by atoms with E-state index in [0.29, 0.717) is 10.0 Å². The van der Waals surface area contributed by atoms with Crippen molar-refractivity contribution in [1.82, 2.24) is 0 Å². The number of benzene rings is 2. The molecule has 0 aromatic heterocycles. The summed E-state index contributed by atoms with van der Waals surface area (Å²) in [4.78, 5) is 1.96. The Balaban J connectivity index is 2.31. The lowest BCUT2D eigenvalue weighted by Gasteiger charge is -2.18. The van der Waals surface area contributed by atoms with Gasteiger partial charge in [-0.15, -0.1) is 0 Å². The minimum absolute atomic E-state index is 0.683. The van der Waals surface area contributed by atoms with Crippen LogP contribution >= 0.6 is 23.2 Å². The molecule has 2 rings (SSSR count). The van der Waals surface area contributed by atoms with Crippen molar-refractivity contribution in [2.75, 3.05) is 19.0 Å². The Morgan fingerprint density at radius 2 is 1.50 bits per heavy atom. The summed E-state index contributed by atoms with van der Waals surface area (Å²) in [6, 6.07) is 12.8. The fourth-order valence-corrected chi connectivity index (χ4v) is 1.85. The largest absolute Gasteiger partial charge is 0.455 e. The van der Waals surface area contributed by atoms with E-state index in [2.05, 4.69) is 0 Å². The monoisotopic (exact) mass is 281 g/mol. The number of halogens is 2. The highest BCUT2D eigenvalue weighted by Gasteiger charge is 2.07. The van der Waals surface area contributed by atoms with Crippen LogP contribution in [0.5, 0.6) is 11.5 Å². The van der Waals surface area contributed by atoms with E-state index in [4.69, 9.17) is 27.9 Å². The summed E-state index contributed by atoms with van der Waals surface area (Å²) in [6.45, 7) is 0. The van der Waals surface area contributed by atoms with Gasteiger partial charge >= 0.3 is 0 Å². The first-order valence-electron chi connectivity index (χ1n) is 5.46. The Morgan fingerprint density at radius 1 is 0.889 bits per heavy atom. The number of hydrogen-bond donors (Lipinski definition) is 0. The molecule has 4 heteroatoms. The van der Waals surface area contributed by atoms with Gasteiger partial charge in [0.15, 0.2) is 5.75 Å². The maximum atomic E-state index is 5.98. The zero-order chi connectivity index (χ0) is 13.1. The first-order chi connectivity index (χ1) is 8.56. The summed E-state index contributed by atoms with van der Waals surface area (Å²) in [5.74, 6) is 1.50. The van der Waals surface area contributed by atoms with Crippen LogP contribution in [0.25, 0.3) is 0 Å². The molecule has 0 heterocycles. The molecule has 0 bridgehead atoms. The van der Waals surface area contributed by atoms with E-state index in [-0.39, 0.29) is 0 Å². The zero-order valence-corrected chi connectivity index (χ0v) is 11.7. The topological polar surface area (TPSA) is 12.5 Å². The third kappa shape index (κ3) is 3.09. The number of anilines is 1. The van der Waals surface area contributed by atoms with Gasteiger partial charge in [-0.2, -0.15) is 0 Å². The lowest BCUT2D eigenvalue weighted by molar-refractivity contribution is 0.483. The van der Waals surface area contributed by atoms with E-state index < -0.39 is 0 Å². The molecule has 0 aliphatic rings. The molecule has 2 aromatic rings. The quantitative estimate of drug-likeness (QED) is 0.797. The first-order valence-corrected chi connectivity index (χ1v) is 6.22. The fourth-order valence-electron chi connectivity index (χ4n) is 1.56. The summed E-state index contributed by atoms with van der Waals surface area (Å²) in [5.41, 5.74) is 0.928. The number of rotatable bonds is 3. The molecule has 0 spiro atoms. The SMILES string of the molecule is CN(C)c1cc(Cl)ccc1Oc1ccc(Cl)cc1. The first kappa shape index (κ1) is 13.1. The lowest BCUT2D eigenvalue weighted by atomic mass is 10.2. The molecule has 0 aliphatic carbocycles. The molecule has 2 nitrogen and oxygen atoms in total. The van der Waals surface area contributed by atoms with Crippen molar-refractivity contribution < 1.29 is 4.74 Å². The van der Waals surface area contributed by atoms with Crippen LogP contribution in [0.1, 0.15) is 0 Å². The Labute approximate surface area is 117 Å². The molecule has 0 unspecified atom stereocenters. The van der Waals surface area contributed by atoms with Crippen molar-refractivity contribution in [2.45, 2.75) is 0 Å². The summed E-state index contributed by atoms with van der Waals surface area (Å²) in [7, 11) is 3.89. The lowest BCUT2D eigenvalue weighted by Crippen LogP contribution is -2.09. The van der Waals surface area contributed by atoms with Gasteiger partial charge in [0.1, 0.15) is 5.75 Å². The second kappa shape index (κ2) is 5.51. The highest BCUT2D eigenvalue weighted by atomic mass is 35.5. The summed E-state index contributed by atoms with van der Waals surface area (Å²) >= 11 is 11.8. The van der Waals surface area contributed by atoms with Crippen molar-refractivity contribution in [3.8, 4) is 11.5 Å². The van der Waals surface area contributed by atoms with E-state index in [0.717, 1.165) is 17.2 Å². The predicted octanol–water partition coefficient (Wildman–Crippen LogP) is 4.85. The maximum Gasteiger partial charge on any atom is 0.150 e. The van der Waals surface area contributed by atoms with Crippen LogP contribution < -0.4 is 9.64 Å². The third-order valence-corrected chi connectivity index (χ3v) is 2.93. The van der Waals surface area contributed by atoms with E-state index in [1.807, 2.05) is 43.3 Å². The highest BCUT2D eigenvalue weighted by Crippen LogP contribution is 2.33. The molecule has 0 radical (unpaired) electrons. The smallest absolute Gasteiger partial charge is 0.150 e. The summed E-state index contributed by atoms with van der Waals surface area (Å²) in [5, 5.41) is 1.37. The van der Waals surface area contributed by atoms with Crippen LogP contribution in [-0.2, 0) is 0 Å². The van der Waals surface area contributed by atoms with E-state index in [1.54, 1.807) is 18.2 Å². The van der Waals surface area contributed by atoms with E-state index >= 15 is 0 Å². The van der Waals surface area contributed by atoms with Crippen LogP contribution in [-0.4, -0.2) is 14.1 Å². The molecular weight excluding hydrogens is 269 g/mol. The Bertz CT molecular complexity index is 538. The fraction of sp³-hybridized carbons (Fsp3) is 0.143. The molecule has 94 valence electrons. The van der Waals surface area contributed by atoms with Gasteiger partial charge in [-0.1, -0.05) is 23.2 Å². The van der Waals surface area contributed by atoms with Crippen molar-refractivity contribution in [1.29, 1.82) is 0 Å². The molecule has 0 fully saturated rings. The normalized spacial score (nSPS) is 10.2. The molecule has 0 N–H and O–H groups in total. The Morgan fingerprint density at radius 3 is 2.11 bits per heavy atom. The van der Waals surface area contributed by atoms with Crippen molar-refractivity contribution in [3.63, 3.8) is 0 Å². The van der Waals surface area contributed by atoms with Gasteiger partial charge in [-0.25, -0.2) is 0 Å². The van der Waals surface area contributed by atoms with Crippen LogP contribution in [0.2, 0.25) is 10.0 Å². The molecule has 0 atom stereocenters. The average Bonchev–Trinajstić information content (AvgIpc) is 2.34. The molecule has 0 amide bonds. The zero-order valence-electron chi connectivity index (χ0n) is 10.2. The van der Waals surface area contributed by atoms with Crippen molar-refractivity contribution in [3.05, 3.63) is 52.5 Å². The maximum absolute atomic E-state index is 5.98. The summed E-state index contributed by atoms with van der Waals surface area (Å²) < 4.78 is 5.82. The summed E-state index contributed by atoms with van der Waals surface area (Å²) in [6.07, 6.45) is 0. The molecular formula is C14H13Cl2NO. The van der Waals surface area contributed by atoms with Crippen LogP contribution in [0.4, 0.5) is 5.69 Å². The Kier molecular flexibility index (Phi) is 4.00. The minimum atomic E-state index is 0.683. The highest BCUT2D eigenvalue weighted by molar-refractivity contribution is 6.31. The van der Waals surface area contributed by atoms with Gasteiger partial charge in [-0.3, -0.25) is 0 Å². The average molecular weight is 282 g/mol. The Hall–Kier alpha value is -1.38. The molecule has 18 heavy (non-hydrogen) atoms. The molecule has 0 aliphatic heterocycles. The van der Waals surface area contributed by atoms with Gasteiger partial charge in [0.25, 0.3) is 0 Å². The predicted molar refractivity (Wildman–Crippen MR) is 77.3 cm³/mol. The van der Waals surface area contributed by atoms with Gasteiger partial charge < -0.3 is 9.64 Å². The van der Waals surface area contributed by atoms with Gasteiger partial charge in [0, 0.05) is 24.1 Å². The third-order valence-electron chi connectivity index (χ3n) is 2.44. The van der Waals surface area contributed by atoms with Gasteiger partial charge in [-0.05, 0) is 42.5 Å². The second-order valence-corrected chi connectivity index (χ2v) is 4.94. The standard InChI is InChI=1S/C14H13Cl2NO/c1-17(2)13-9-11(16)5-8-14(13)18-12-6-3-10(15)4-7-12/h3-9H,1-2H3. The molecule has 0 saturated heterocycles. The van der Waals surface area contributed by atoms with Crippen LogP contribution in [0.3, 0.4) is 0 Å². The molecule has 0 saturated carbocycles. The molecule has 2 aromatic carbocycles. The number of ether oxygens (including phenoxy) is 1. The van der Waals surface area contributed by atoms with Crippen molar-refractivity contribution >= 4 is 28.9 Å².